The molecule has 5 rings (SSSR count). The van der Waals surface area contributed by atoms with Crippen LogP contribution >= 0.6 is 0 Å². The largest absolute Gasteiger partial charge is 0.465 e. The number of rotatable bonds is 6. The number of carbonyl (C=O) groups is 3. The van der Waals surface area contributed by atoms with Crippen molar-refractivity contribution in [2.45, 2.75) is 43.6 Å². The van der Waals surface area contributed by atoms with E-state index >= 15 is 0 Å². The summed E-state index contributed by atoms with van der Waals surface area (Å²) < 4.78 is 6.07. The maximum Gasteiger partial charge on any atom is 0.405 e. The molecule has 0 radical (unpaired) electrons. The van der Waals surface area contributed by atoms with Crippen LogP contribution in [0.15, 0.2) is 72.8 Å². The minimum absolute atomic E-state index is 0.0502. The molecular formula is C28H26N2O6. The highest BCUT2D eigenvalue weighted by atomic mass is 16.6. The third-order valence-electron chi connectivity index (χ3n) is 6.93. The Balaban J connectivity index is 1.61. The molecule has 3 aromatic carbocycles. The number of fused-ring (bicyclic) bond motifs is 5. The average molecular weight is 487 g/mol. The molecule has 0 fully saturated rings. The Morgan fingerprint density at radius 2 is 1.67 bits per heavy atom. The van der Waals surface area contributed by atoms with Crippen LogP contribution in [-0.2, 0) is 22.5 Å². The number of aliphatic hydroxyl groups is 1. The lowest BCUT2D eigenvalue weighted by molar-refractivity contribution is -0.175. The fourth-order valence-corrected chi connectivity index (χ4v) is 5.11. The molecule has 2 aliphatic rings. The molecule has 0 saturated carbocycles. The van der Waals surface area contributed by atoms with E-state index in [-0.39, 0.29) is 29.2 Å². The van der Waals surface area contributed by atoms with Gasteiger partial charge in [0.15, 0.2) is 0 Å². The van der Waals surface area contributed by atoms with Gasteiger partial charge >= 0.3 is 6.09 Å². The number of carboxylic acid groups (broad SMARTS) is 1. The lowest BCUT2D eigenvalue weighted by atomic mass is 9.82. The molecule has 0 saturated heterocycles. The third kappa shape index (κ3) is 3.45. The zero-order chi connectivity index (χ0) is 25.7. The lowest BCUT2D eigenvalue weighted by Crippen LogP contribution is -2.63. The highest BCUT2D eigenvalue weighted by molar-refractivity contribution is 6.12. The van der Waals surface area contributed by atoms with Crippen LogP contribution in [0.5, 0.6) is 5.75 Å². The van der Waals surface area contributed by atoms with E-state index in [9.17, 15) is 24.6 Å². The van der Waals surface area contributed by atoms with Crippen LogP contribution in [0.2, 0.25) is 0 Å². The summed E-state index contributed by atoms with van der Waals surface area (Å²) in [6, 6.07) is 19.5. The number of hydrogen-bond donors (Lipinski definition) is 4. The van der Waals surface area contributed by atoms with Crippen LogP contribution < -0.4 is 15.4 Å². The van der Waals surface area contributed by atoms with E-state index in [2.05, 4.69) is 10.6 Å². The van der Waals surface area contributed by atoms with Gasteiger partial charge in [0, 0.05) is 23.1 Å². The standard InChI is InChI=1S/C28H26N2O6/c1-16(2)18-12-13-21-23(15-18)36-28(35)20-11-7-6-10-19(20)24(31)27(21,28)30-25(32)22(29-26(33)34)14-17-8-4-3-5-9-17/h3-13,15-16,22,29,35H,14H2,1-2H3,(H,30,32)(H,33,34). The molecule has 1 heterocycles. The van der Waals surface area contributed by atoms with Gasteiger partial charge in [-0.15, -0.1) is 0 Å². The molecule has 8 nitrogen and oxygen atoms in total. The number of ketones is 1. The second-order valence-corrected chi connectivity index (χ2v) is 9.46. The number of carbonyl (C=O) groups excluding carboxylic acids is 2. The van der Waals surface area contributed by atoms with Gasteiger partial charge in [0.25, 0.3) is 5.79 Å². The van der Waals surface area contributed by atoms with Crippen LogP contribution in [0.3, 0.4) is 0 Å². The molecule has 0 bridgehead atoms. The van der Waals surface area contributed by atoms with Gasteiger partial charge in [-0.2, -0.15) is 0 Å². The van der Waals surface area contributed by atoms with E-state index in [1.54, 1.807) is 60.7 Å². The SMILES string of the molecule is CC(C)c1ccc2c(c1)OC1(O)c3ccccc3C(=O)C21NC(=O)C(Cc1ccccc1)NC(=O)O. The molecule has 4 N–H and O–H groups in total. The summed E-state index contributed by atoms with van der Waals surface area (Å²) in [6.45, 7) is 4.02. The topological polar surface area (TPSA) is 125 Å². The van der Waals surface area contributed by atoms with Crippen LogP contribution in [0.4, 0.5) is 4.79 Å². The summed E-state index contributed by atoms with van der Waals surface area (Å²) in [5, 5.41) is 26.4. The summed E-state index contributed by atoms with van der Waals surface area (Å²) in [4.78, 5) is 39.1. The van der Waals surface area contributed by atoms with Crippen molar-refractivity contribution < 1.29 is 29.3 Å². The fraction of sp³-hybridized carbons (Fsp3) is 0.250. The van der Waals surface area contributed by atoms with E-state index in [1.165, 1.54) is 0 Å². The van der Waals surface area contributed by atoms with Gasteiger partial charge in [0.05, 0.1) is 0 Å². The van der Waals surface area contributed by atoms with Crippen LogP contribution in [-0.4, -0.2) is 34.0 Å². The van der Waals surface area contributed by atoms with Gasteiger partial charge in [-0.05, 0) is 23.1 Å². The number of ether oxygens (including phenoxy) is 1. The summed E-state index contributed by atoms with van der Waals surface area (Å²) >= 11 is 0. The van der Waals surface area contributed by atoms with Crippen molar-refractivity contribution in [3.8, 4) is 5.75 Å². The second-order valence-electron chi connectivity index (χ2n) is 9.46. The molecular weight excluding hydrogens is 460 g/mol. The Bertz CT molecular complexity index is 1370. The molecule has 2 amide bonds. The Kier molecular flexibility index (Phi) is 5.56. The first-order valence-corrected chi connectivity index (χ1v) is 11.7. The zero-order valence-electron chi connectivity index (χ0n) is 19.8. The van der Waals surface area contributed by atoms with Crippen molar-refractivity contribution in [3.05, 3.63) is 101 Å². The van der Waals surface area contributed by atoms with Crippen molar-refractivity contribution in [3.63, 3.8) is 0 Å². The number of amides is 2. The molecule has 0 aromatic heterocycles. The number of Topliss-reactive ketones (excluding diaryl/α,β-unsaturated/α-hetero) is 1. The maximum absolute atomic E-state index is 13.9. The summed E-state index contributed by atoms with van der Waals surface area (Å²) in [5.41, 5.74) is 0.470. The molecule has 3 atom stereocenters. The smallest absolute Gasteiger partial charge is 0.405 e. The van der Waals surface area contributed by atoms with Crippen molar-refractivity contribution in [2.24, 2.45) is 0 Å². The molecule has 0 spiro atoms. The number of nitrogens with one attached hydrogen (secondary N) is 2. The highest BCUT2D eigenvalue weighted by Crippen LogP contribution is 2.58. The van der Waals surface area contributed by atoms with E-state index < -0.39 is 35.2 Å². The molecule has 3 aromatic rings. The van der Waals surface area contributed by atoms with E-state index in [0.29, 0.717) is 5.56 Å². The van der Waals surface area contributed by atoms with E-state index in [4.69, 9.17) is 4.74 Å². The predicted octanol–water partition coefficient (Wildman–Crippen LogP) is 3.43. The van der Waals surface area contributed by atoms with Crippen LogP contribution in [0, 0.1) is 0 Å². The minimum atomic E-state index is -2.20. The van der Waals surface area contributed by atoms with Crippen molar-refractivity contribution >= 4 is 17.8 Å². The Labute approximate surface area is 207 Å². The minimum Gasteiger partial charge on any atom is -0.465 e. The van der Waals surface area contributed by atoms with E-state index in [1.807, 2.05) is 26.0 Å². The number of benzene rings is 3. The molecule has 8 heteroatoms. The first-order valence-electron chi connectivity index (χ1n) is 11.7. The summed E-state index contributed by atoms with van der Waals surface area (Å²) in [5.74, 6) is -3.03. The molecule has 1 aliphatic heterocycles. The van der Waals surface area contributed by atoms with Gasteiger partial charge in [-0.1, -0.05) is 80.6 Å². The van der Waals surface area contributed by atoms with Crippen molar-refractivity contribution in [1.82, 2.24) is 10.6 Å². The number of hydrogen-bond acceptors (Lipinski definition) is 5. The Morgan fingerprint density at radius 3 is 2.36 bits per heavy atom. The van der Waals surface area contributed by atoms with Gasteiger partial charge in [0.1, 0.15) is 11.8 Å². The molecule has 3 unspecified atom stereocenters. The summed E-state index contributed by atoms with van der Waals surface area (Å²) in [6.07, 6.45) is -1.33. The normalized spacial score (nSPS) is 22.3. The molecule has 36 heavy (non-hydrogen) atoms. The van der Waals surface area contributed by atoms with Gasteiger partial charge < -0.3 is 25.6 Å². The van der Waals surface area contributed by atoms with Crippen molar-refractivity contribution in [2.75, 3.05) is 0 Å². The fourth-order valence-electron chi connectivity index (χ4n) is 5.11. The Hall–Kier alpha value is -4.17. The van der Waals surface area contributed by atoms with E-state index in [0.717, 1.165) is 11.1 Å². The van der Waals surface area contributed by atoms with Gasteiger partial charge in [-0.25, -0.2) is 4.79 Å². The van der Waals surface area contributed by atoms with Gasteiger partial charge in [0.2, 0.25) is 17.2 Å². The predicted molar refractivity (Wildman–Crippen MR) is 131 cm³/mol. The van der Waals surface area contributed by atoms with Gasteiger partial charge in [-0.3, -0.25) is 9.59 Å². The summed E-state index contributed by atoms with van der Waals surface area (Å²) in [7, 11) is 0. The van der Waals surface area contributed by atoms with Crippen LogP contribution in [0.25, 0.3) is 0 Å². The highest BCUT2D eigenvalue weighted by Gasteiger charge is 2.71. The first kappa shape index (κ1) is 23.6. The molecule has 1 aliphatic carbocycles. The first-order chi connectivity index (χ1) is 17.2. The third-order valence-corrected chi connectivity index (χ3v) is 6.93. The monoisotopic (exact) mass is 486 g/mol. The Morgan fingerprint density at radius 1 is 0.972 bits per heavy atom. The zero-order valence-corrected chi connectivity index (χ0v) is 19.8. The lowest BCUT2D eigenvalue weighted by Gasteiger charge is -2.35. The van der Waals surface area contributed by atoms with Crippen molar-refractivity contribution in [1.29, 1.82) is 0 Å². The second kappa shape index (κ2) is 8.49. The molecule has 184 valence electrons. The van der Waals surface area contributed by atoms with Crippen LogP contribution in [0.1, 0.15) is 52.4 Å². The quantitative estimate of drug-likeness (QED) is 0.423. The average Bonchev–Trinajstić information content (AvgIpc) is 3.21. The maximum atomic E-state index is 13.9.